The average Bonchev–Trinajstić information content (AvgIpc) is 3.33. The molecule has 12 heteroatoms. The van der Waals surface area contributed by atoms with Crippen molar-refractivity contribution in [1.29, 1.82) is 0 Å². The number of anilines is 2. The van der Waals surface area contributed by atoms with Crippen molar-refractivity contribution in [2.75, 3.05) is 43.7 Å². The molecule has 0 aliphatic carbocycles. The first-order valence-corrected chi connectivity index (χ1v) is 13.4. The third-order valence-corrected chi connectivity index (χ3v) is 8.04. The minimum atomic E-state index is -4.66. The Labute approximate surface area is 238 Å². The van der Waals surface area contributed by atoms with Crippen molar-refractivity contribution >= 4 is 29.0 Å². The number of carbonyl (C=O) groups excluding carboxylic acids is 1. The second-order valence-electron chi connectivity index (χ2n) is 10.4. The smallest absolute Gasteiger partial charge is 0.416 e. The first-order chi connectivity index (χ1) is 20.1. The zero-order valence-electron chi connectivity index (χ0n) is 22.8. The number of para-hydroxylation sites is 1. The number of hydrogen-bond acceptors (Lipinski definition) is 7. The number of halogens is 5. The predicted octanol–water partition coefficient (Wildman–Crippen LogP) is 5.85. The Kier molecular flexibility index (Phi) is 6.94. The predicted molar refractivity (Wildman–Crippen MR) is 146 cm³/mol. The third-order valence-electron chi connectivity index (χ3n) is 8.04. The Morgan fingerprint density at radius 3 is 2.57 bits per heavy atom. The van der Waals surface area contributed by atoms with Crippen LogP contribution in [0.4, 0.5) is 39.0 Å². The number of esters is 1. The van der Waals surface area contributed by atoms with Gasteiger partial charge in [0.25, 0.3) is 0 Å². The summed E-state index contributed by atoms with van der Waals surface area (Å²) >= 11 is 0. The van der Waals surface area contributed by atoms with Gasteiger partial charge in [-0.15, -0.1) is 0 Å². The molecule has 0 N–H and O–H groups in total. The van der Waals surface area contributed by atoms with Crippen molar-refractivity contribution in [3.63, 3.8) is 0 Å². The zero-order chi connectivity index (χ0) is 29.8. The summed E-state index contributed by atoms with van der Waals surface area (Å²) in [4.78, 5) is 22.9. The molecule has 0 saturated carbocycles. The number of ether oxygens (including phenoxy) is 2. The van der Waals surface area contributed by atoms with Crippen LogP contribution < -0.4 is 14.5 Å². The van der Waals surface area contributed by atoms with Gasteiger partial charge in [0.1, 0.15) is 23.1 Å². The minimum Gasteiger partial charge on any atom is -0.495 e. The van der Waals surface area contributed by atoms with E-state index >= 15 is 4.39 Å². The minimum absolute atomic E-state index is 0.00260. The summed E-state index contributed by atoms with van der Waals surface area (Å²) in [5.74, 6) is -1.29. The van der Waals surface area contributed by atoms with E-state index in [1.807, 2.05) is 4.90 Å². The number of hydrogen-bond donors (Lipinski definition) is 0. The van der Waals surface area contributed by atoms with Crippen LogP contribution in [0.25, 0.3) is 0 Å². The lowest BCUT2D eigenvalue weighted by Crippen LogP contribution is -2.58. The van der Waals surface area contributed by atoms with Crippen LogP contribution in [-0.2, 0) is 22.1 Å². The van der Waals surface area contributed by atoms with Crippen molar-refractivity contribution in [3.05, 3.63) is 82.9 Å². The Balaban J connectivity index is 1.49. The van der Waals surface area contributed by atoms with Gasteiger partial charge in [-0.3, -0.25) is 4.79 Å². The van der Waals surface area contributed by atoms with Crippen molar-refractivity contribution in [2.45, 2.75) is 31.1 Å². The van der Waals surface area contributed by atoms with Crippen molar-refractivity contribution < 1.29 is 36.2 Å². The van der Waals surface area contributed by atoms with Crippen LogP contribution in [0.2, 0.25) is 0 Å². The summed E-state index contributed by atoms with van der Waals surface area (Å²) < 4.78 is 81.4. The van der Waals surface area contributed by atoms with E-state index in [1.54, 1.807) is 12.1 Å². The Hall–Kier alpha value is -4.35. The SMILES string of the molecule is COC(=O)CC1c2cccc(F)c2N=C(N2CCN3c4ccc(F)cc4CC3C2)N1c1cc(C(F)(F)F)ccc1OC. The second kappa shape index (κ2) is 10.5. The molecule has 3 aromatic rings. The second-order valence-corrected chi connectivity index (χ2v) is 10.4. The van der Waals surface area contributed by atoms with Crippen LogP contribution in [0, 0.1) is 11.6 Å². The van der Waals surface area contributed by atoms with Crippen LogP contribution in [0.3, 0.4) is 0 Å². The fourth-order valence-electron chi connectivity index (χ4n) is 6.13. The van der Waals surface area contributed by atoms with Crippen LogP contribution in [0.5, 0.6) is 5.75 Å². The van der Waals surface area contributed by atoms with Gasteiger partial charge >= 0.3 is 12.1 Å². The lowest BCUT2D eigenvalue weighted by atomic mass is 9.96. The number of aliphatic imine (C=N–C) groups is 1. The number of guanidine groups is 1. The first-order valence-electron chi connectivity index (χ1n) is 13.4. The molecule has 3 heterocycles. The molecule has 3 aliphatic heterocycles. The highest BCUT2D eigenvalue weighted by atomic mass is 19.4. The van der Waals surface area contributed by atoms with Gasteiger partial charge < -0.3 is 24.2 Å². The van der Waals surface area contributed by atoms with E-state index in [1.165, 1.54) is 49.5 Å². The number of nitrogens with zero attached hydrogens (tertiary/aromatic N) is 4. The van der Waals surface area contributed by atoms with Gasteiger partial charge in [-0.2, -0.15) is 13.2 Å². The van der Waals surface area contributed by atoms with Gasteiger partial charge in [-0.1, -0.05) is 12.1 Å². The van der Waals surface area contributed by atoms with Crippen molar-refractivity contribution in [3.8, 4) is 5.75 Å². The molecule has 1 saturated heterocycles. The normalized spacial score (nSPS) is 19.6. The highest BCUT2D eigenvalue weighted by Gasteiger charge is 2.43. The molecule has 0 bridgehead atoms. The number of piperazine rings is 1. The summed E-state index contributed by atoms with van der Waals surface area (Å²) in [7, 11) is 2.55. The molecule has 0 amide bonds. The molecule has 220 valence electrons. The van der Waals surface area contributed by atoms with E-state index in [-0.39, 0.29) is 41.4 Å². The fraction of sp³-hybridized carbons (Fsp3) is 0.333. The lowest BCUT2D eigenvalue weighted by molar-refractivity contribution is -0.141. The lowest BCUT2D eigenvalue weighted by Gasteiger charge is -2.46. The highest BCUT2D eigenvalue weighted by molar-refractivity contribution is 6.02. The standard InChI is InChI=1S/C30H27F5N4O3/c1-41-26-9-6-18(30(33,34)35)14-25(26)39-24(15-27(40)42-2)21-4-3-5-22(32)28(21)36-29(39)37-10-11-38-20(16-37)13-17-12-19(31)7-8-23(17)38/h3-9,12,14,20,24H,10-11,13,15-16H2,1-2H3. The largest absolute Gasteiger partial charge is 0.495 e. The Morgan fingerprint density at radius 1 is 1.02 bits per heavy atom. The van der Waals surface area contributed by atoms with Gasteiger partial charge in [0.2, 0.25) is 5.96 Å². The van der Waals surface area contributed by atoms with Crippen molar-refractivity contribution in [2.24, 2.45) is 4.99 Å². The summed E-state index contributed by atoms with van der Waals surface area (Å²) in [6.07, 6.45) is -4.40. The highest BCUT2D eigenvalue weighted by Crippen LogP contribution is 2.46. The molecule has 0 spiro atoms. The molecule has 3 aliphatic rings. The van der Waals surface area contributed by atoms with E-state index in [9.17, 15) is 22.4 Å². The molecule has 6 rings (SSSR count). The Bertz CT molecular complexity index is 1580. The zero-order valence-corrected chi connectivity index (χ0v) is 22.8. The monoisotopic (exact) mass is 586 g/mol. The maximum Gasteiger partial charge on any atom is 0.416 e. The van der Waals surface area contributed by atoms with E-state index in [2.05, 4.69) is 9.89 Å². The third kappa shape index (κ3) is 4.78. The van der Waals surface area contributed by atoms with Gasteiger partial charge in [0, 0.05) is 30.9 Å². The molecule has 1 fully saturated rings. The molecular weight excluding hydrogens is 559 g/mol. The van der Waals surface area contributed by atoms with E-state index in [0.29, 0.717) is 31.6 Å². The number of alkyl halides is 3. The molecule has 2 atom stereocenters. The summed E-state index contributed by atoms with van der Waals surface area (Å²) in [6.45, 7) is 1.28. The van der Waals surface area contributed by atoms with Gasteiger partial charge in [-0.25, -0.2) is 13.8 Å². The summed E-state index contributed by atoms with van der Waals surface area (Å²) in [5, 5.41) is 0. The maximum absolute atomic E-state index is 15.3. The molecule has 2 unspecified atom stereocenters. The quantitative estimate of drug-likeness (QED) is 0.283. The number of methoxy groups -OCH3 is 2. The van der Waals surface area contributed by atoms with E-state index in [4.69, 9.17) is 9.47 Å². The number of carbonyl (C=O) groups is 1. The van der Waals surface area contributed by atoms with Crippen LogP contribution in [-0.4, -0.2) is 56.7 Å². The fourth-order valence-corrected chi connectivity index (χ4v) is 6.13. The van der Waals surface area contributed by atoms with E-state index in [0.717, 1.165) is 23.4 Å². The molecule has 3 aromatic carbocycles. The van der Waals surface area contributed by atoms with Gasteiger partial charge in [-0.05, 0) is 54.4 Å². The average molecular weight is 587 g/mol. The molecule has 42 heavy (non-hydrogen) atoms. The topological polar surface area (TPSA) is 57.6 Å². The molecule has 0 aromatic heterocycles. The molecular formula is C30H27F5N4O3. The summed E-state index contributed by atoms with van der Waals surface area (Å²) in [6, 6.07) is 11.0. The molecule has 0 radical (unpaired) electrons. The van der Waals surface area contributed by atoms with Crippen LogP contribution in [0.1, 0.15) is 29.2 Å². The first kappa shape index (κ1) is 27.8. The number of benzene rings is 3. The van der Waals surface area contributed by atoms with Gasteiger partial charge in [0.15, 0.2) is 0 Å². The number of fused-ring (bicyclic) bond motifs is 4. The maximum atomic E-state index is 15.3. The van der Waals surface area contributed by atoms with Crippen LogP contribution in [0.15, 0.2) is 59.6 Å². The van der Waals surface area contributed by atoms with Gasteiger partial charge in [0.05, 0.1) is 44.0 Å². The number of rotatable bonds is 4. The van der Waals surface area contributed by atoms with Crippen molar-refractivity contribution in [1.82, 2.24) is 4.90 Å². The summed E-state index contributed by atoms with van der Waals surface area (Å²) in [5.41, 5.74) is 1.23. The Morgan fingerprint density at radius 2 is 1.83 bits per heavy atom. The molecule has 7 nitrogen and oxygen atoms in total. The van der Waals surface area contributed by atoms with E-state index < -0.39 is 29.6 Å². The van der Waals surface area contributed by atoms with Crippen LogP contribution >= 0.6 is 0 Å².